The van der Waals surface area contributed by atoms with Gasteiger partial charge in [0.05, 0.1) is 11.0 Å². The van der Waals surface area contributed by atoms with Gasteiger partial charge in [-0.1, -0.05) is 42.5 Å². The van der Waals surface area contributed by atoms with Gasteiger partial charge in [-0.25, -0.2) is 4.98 Å². The lowest BCUT2D eigenvalue weighted by Crippen LogP contribution is -2.35. The first-order valence-electron chi connectivity index (χ1n) is 9.01. The number of aliphatic hydroxyl groups excluding tert-OH is 1. The zero-order chi connectivity index (χ0) is 18.5. The Labute approximate surface area is 153 Å². The van der Waals surface area contributed by atoms with Gasteiger partial charge in [0, 0.05) is 6.04 Å². The molecule has 1 aromatic heterocycles. The zero-order valence-electron chi connectivity index (χ0n) is 15.2. The number of aromatic nitrogens is 2. The molecule has 0 aliphatic carbocycles. The maximum atomic E-state index is 12.5. The third-order valence-corrected chi connectivity index (χ3v) is 4.48. The van der Waals surface area contributed by atoms with Gasteiger partial charge in [-0.15, -0.1) is 0 Å². The number of hydrogen-bond donors (Lipinski definition) is 2. The van der Waals surface area contributed by atoms with Crippen LogP contribution < -0.4 is 5.32 Å². The van der Waals surface area contributed by atoms with E-state index in [2.05, 4.69) is 22.4 Å². The van der Waals surface area contributed by atoms with Gasteiger partial charge in [-0.3, -0.25) is 4.79 Å². The standard InChI is InChI=1S/C21H25N3O2/c1-15(12-13-17-8-4-3-5-9-17)22-20(26)14-24-19-11-7-6-10-18(19)23-21(24)16(2)25/h3-11,15-16,25H,12-14H2,1-2H3,(H,22,26)/t15-,16+/m0/s1. The molecule has 1 amide bonds. The summed E-state index contributed by atoms with van der Waals surface area (Å²) in [7, 11) is 0. The number of nitrogens with zero attached hydrogens (tertiary/aromatic N) is 2. The highest BCUT2D eigenvalue weighted by atomic mass is 16.3. The van der Waals surface area contributed by atoms with Crippen LogP contribution in [0.15, 0.2) is 54.6 Å². The molecule has 0 aliphatic heterocycles. The van der Waals surface area contributed by atoms with Crippen molar-refractivity contribution in [2.24, 2.45) is 0 Å². The summed E-state index contributed by atoms with van der Waals surface area (Å²) in [6.07, 6.45) is 1.07. The van der Waals surface area contributed by atoms with Crippen LogP contribution >= 0.6 is 0 Å². The highest BCUT2D eigenvalue weighted by molar-refractivity contribution is 5.81. The van der Waals surface area contributed by atoms with Crippen LogP contribution in [0.2, 0.25) is 0 Å². The minimum Gasteiger partial charge on any atom is -0.385 e. The van der Waals surface area contributed by atoms with E-state index in [9.17, 15) is 9.90 Å². The molecule has 2 aromatic carbocycles. The summed E-state index contributed by atoms with van der Waals surface area (Å²) >= 11 is 0. The van der Waals surface area contributed by atoms with Crippen molar-refractivity contribution in [1.29, 1.82) is 0 Å². The van der Waals surface area contributed by atoms with E-state index in [0.29, 0.717) is 5.82 Å². The van der Waals surface area contributed by atoms with Crippen LogP contribution in [0.4, 0.5) is 0 Å². The molecule has 2 atom stereocenters. The first kappa shape index (κ1) is 18.1. The third-order valence-electron chi connectivity index (χ3n) is 4.48. The van der Waals surface area contributed by atoms with E-state index in [1.165, 1.54) is 5.56 Å². The summed E-state index contributed by atoms with van der Waals surface area (Å²) in [6, 6.07) is 17.9. The number of amides is 1. The summed E-state index contributed by atoms with van der Waals surface area (Å²) < 4.78 is 1.79. The maximum Gasteiger partial charge on any atom is 0.240 e. The van der Waals surface area contributed by atoms with Gasteiger partial charge in [0.1, 0.15) is 18.5 Å². The molecule has 0 unspecified atom stereocenters. The molecule has 0 bridgehead atoms. The van der Waals surface area contributed by atoms with Crippen LogP contribution in [-0.4, -0.2) is 26.6 Å². The predicted molar refractivity (Wildman–Crippen MR) is 103 cm³/mol. The number of imidazole rings is 1. The highest BCUT2D eigenvalue weighted by Crippen LogP contribution is 2.20. The zero-order valence-corrected chi connectivity index (χ0v) is 15.2. The van der Waals surface area contributed by atoms with Crippen molar-refractivity contribution in [3.05, 3.63) is 66.0 Å². The molecular weight excluding hydrogens is 326 g/mol. The predicted octanol–water partition coefficient (Wildman–Crippen LogP) is 3.23. The van der Waals surface area contributed by atoms with Gasteiger partial charge in [-0.05, 0) is 44.4 Å². The average Bonchev–Trinajstić information content (AvgIpc) is 3.00. The molecule has 136 valence electrons. The monoisotopic (exact) mass is 351 g/mol. The van der Waals surface area contributed by atoms with Gasteiger partial charge in [0.2, 0.25) is 5.91 Å². The molecule has 26 heavy (non-hydrogen) atoms. The van der Waals surface area contributed by atoms with Crippen molar-refractivity contribution < 1.29 is 9.90 Å². The Bertz CT molecular complexity index is 871. The Hall–Kier alpha value is -2.66. The number of nitrogens with one attached hydrogen (secondary N) is 1. The summed E-state index contributed by atoms with van der Waals surface area (Å²) in [5, 5.41) is 13.0. The van der Waals surface area contributed by atoms with Gasteiger partial charge >= 0.3 is 0 Å². The minimum atomic E-state index is -0.731. The molecule has 5 nitrogen and oxygen atoms in total. The van der Waals surface area contributed by atoms with Gasteiger partial charge in [-0.2, -0.15) is 0 Å². The number of carbonyl (C=O) groups is 1. The van der Waals surface area contributed by atoms with Crippen LogP contribution in [0, 0.1) is 0 Å². The van der Waals surface area contributed by atoms with Crippen LogP contribution in [0.25, 0.3) is 11.0 Å². The van der Waals surface area contributed by atoms with E-state index in [1.807, 2.05) is 49.4 Å². The molecule has 3 rings (SSSR count). The van der Waals surface area contributed by atoms with Gasteiger partial charge in [0.15, 0.2) is 0 Å². The summed E-state index contributed by atoms with van der Waals surface area (Å²) in [6.45, 7) is 3.83. The number of para-hydroxylation sites is 2. The second-order valence-electron chi connectivity index (χ2n) is 6.71. The lowest BCUT2D eigenvalue weighted by Gasteiger charge is -2.16. The molecule has 5 heteroatoms. The van der Waals surface area contributed by atoms with E-state index >= 15 is 0 Å². The number of benzene rings is 2. The van der Waals surface area contributed by atoms with E-state index in [-0.39, 0.29) is 18.5 Å². The second kappa shape index (κ2) is 8.15. The lowest BCUT2D eigenvalue weighted by molar-refractivity contribution is -0.122. The van der Waals surface area contributed by atoms with E-state index in [0.717, 1.165) is 23.9 Å². The van der Waals surface area contributed by atoms with Crippen LogP contribution in [0.3, 0.4) is 0 Å². The fraction of sp³-hybridized carbons (Fsp3) is 0.333. The summed E-state index contributed by atoms with van der Waals surface area (Å²) in [5.41, 5.74) is 2.91. The molecule has 0 radical (unpaired) electrons. The molecule has 3 aromatic rings. The van der Waals surface area contributed by atoms with Crippen molar-refractivity contribution in [2.75, 3.05) is 0 Å². The number of fused-ring (bicyclic) bond motifs is 1. The first-order valence-corrected chi connectivity index (χ1v) is 9.01. The lowest BCUT2D eigenvalue weighted by atomic mass is 10.1. The number of rotatable bonds is 7. The smallest absolute Gasteiger partial charge is 0.240 e. The van der Waals surface area contributed by atoms with E-state index in [4.69, 9.17) is 0 Å². The Morgan fingerprint density at radius 2 is 1.81 bits per heavy atom. The number of hydrogen-bond acceptors (Lipinski definition) is 3. The van der Waals surface area contributed by atoms with E-state index < -0.39 is 6.10 Å². The average molecular weight is 351 g/mol. The molecule has 1 heterocycles. The first-order chi connectivity index (χ1) is 12.5. The SMILES string of the molecule is C[C@@H](CCc1ccccc1)NC(=O)Cn1c([C@@H](C)O)nc2ccccc21. The van der Waals surface area contributed by atoms with Gasteiger partial charge in [0.25, 0.3) is 0 Å². The van der Waals surface area contributed by atoms with Crippen LogP contribution in [0.5, 0.6) is 0 Å². The second-order valence-corrected chi connectivity index (χ2v) is 6.71. The van der Waals surface area contributed by atoms with Crippen molar-refractivity contribution in [1.82, 2.24) is 14.9 Å². The van der Waals surface area contributed by atoms with Gasteiger partial charge < -0.3 is 15.0 Å². The van der Waals surface area contributed by atoms with Crippen molar-refractivity contribution >= 4 is 16.9 Å². The normalized spacial score (nSPS) is 13.5. The largest absolute Gasteiger partial charge is 0.385 e. The molecule has 0 spiro atoms. The molecule has 0 saturated heterocycles. The fourth-order valence-electron chi connectivity index (χ4n) is 3.14. The Balaban J connectivity index is 1.64. The highest BCUT2D eigenvalue weighted by Gasteiger charge is 2.17. The van der Waals surface area contributed by atoms with Crippen molar-refractivity contribution in [3.8, 4) is 0 Å². The molecule has 0 saturated carbocycles. The summed E-state index contributed by atoms with van der Waals surface area (Å²) in [5.74, 6) is 0.439. The maximum absolute atomic E-state index is 12.5. The Morgan fingerprint density at radius 1 is 1.12 bits per heavy atom. The van der Waals surface area contributed by atoms with E-state index in [1.54, 1.807) is 11.5 Å². The number of aliphatic hydroxyl groups is 1. The van der Waals surface area contributed by atoms with Crippen molar-refractivity contribution in [2.45, 2.75) is 45.4 Å². The van der Waals surface area contributed by atoms with Crippen LogP contribution in [0.1, 0.15) is 37.8 Å². The molecule has 0 aliphatic rings. The number of aryl methyl sites for hydroxylation is 1. The van der Waals surface area contributed by atoms with Crippen molar-refractivity contribution in [3.63, 3.8) is 0 Å². The third kappa shape index (κ3) is 4.29. The Morgan fingerprint density at radius 3 is 2.54 bits per heavy atom. The van der Waals surface area contributed by atoms with Crippen LogP contribution in [-0.2, 0) is 17.8 Å². The topological polar surface area (TPSA) is 67.2 Å². The number of carbonyl (C=O) groups excluding carboxylic acids is 1. The molecule has 2 N–H and O–H groups in total. The molecule has 0 fully saturated rings. The quantitative estimate of drug-likeness (QED) is 0.687. The minimum absolute atomic E-state index is 0.0735. The molecular formula is C21H25N3O2. The fourth-order valence-corrected chi connectivity index (χ4v) is 3.14. The summed E-state index contributed by atoms with van der Waals surface area (Å²) in [4.78, 5) is 17.0. The Kier molecular flexibility index (Phi) is 5.68.